The maximum absolute atomic E-state index is 5.56. The molecule has 4 aromatic heterocycles. The Morgan fingerprint density at radius 3 is 2.78 bits per heavy atom. The lowest BCUT2D eigenvalue weighted by atomic mass is 10.1. The van der Waals surface area contributed by atoms with Crippen molar-refractivity contribution in [2.45, 2.75) is 12.3 Å². The van der Waals surface area contributed by atoms with Gasteiger partial charge in [-0.15, -0.1) is 0 Å². The second kappa shape index (κ2) is 7.95. The number of fused-ring (bicyclic) bond motifs is 1. The molecule has 0 radical (unpaired) electrons. The molecule has 10 nitrogen and oxygen atoms in total. The van der Waals surface area contributed by atoms with Gasteiger partial charge in [-0.3, -0.25) is 4.98 Å². The first-order valence-electron chi connectivity index (χ1n) is 11.0. The SMILES string of the molecule is Cn1c(-c2ccccn2)nc2c(N3CCOCC3)nc(-n3ccc(C4CCNC4)n3)nc21. The molecule has 1 unspecified atom stereocenters. The topological polar surface area (TPSA) is 98.8 Å². The van der Waals surface area contributed by atoms with E-state index < -0.39 is 0 Å². The standard InChI is InChI=1S/C22H25N9O/c1-29-19(17-4-2-3-7-24-17)25-18-20(29)26-22(27-21(18)30-10-12-32-13-11-30)31-9-6-16(28-31)15-5-8-23-14-15/h2-4,6-7,9,15,23H,5,8,10-14H2,1H3. The minimum Gasteiger partial charge on any atom is -0.378 e. The number of hydrogen-bond acceptors (Lipinski definition) is 8. The lowest BCUT2D eigenvalue weighted by Gasteiger charge is -2.28. The molecule has 0 saturated carbocycles. The van der Waals surface area contributed by atoms with Gasteiger partial charge in [0, 0.05) is 45.0 Å². The van der Waals surface area contributed by atoms with Crippen molar-refractivity contribution in [3.05, 3.63) is 42.4 Å². The number of pyridine rings is 1. The van der Waals surface area contributed by atoms with Crippen LogP contribution in [0.3, 0.4) is 0 Å². The van der Waals surface area contributed by atoms with Crippen molar-refractivity contribution in [3.63, 3.8) is 0 Å². The number of nitrogens with zero attached hydrogens (tertiary/aromatic N) is 8. The zero-order valence-electron chi connectivity index (χ0n) is 18.0. The third kappa shape index (κ3) is 3.32. The fourth-order valence-electron chi connectivity index (χ4n) is 4.43. The van der Waals surface area contributed by atoms with E-state index in [4.69, 9.17) is 24.8 Å². The van der Waals surface area contributed by atoms with Crippen LogP contribution in [0.15, 0.2) is 36.7 Å². The predicted molar refractivity (Wildman–Crippen MR) is 120 cm³/mol. The fraction of sp³-hybridized carbons (Fsp3) is 0.409. The van der Waals surface area contributed by atoms with Gasteiger partial charge < -0.3 is 19.5 Å². The Balaban J connectivity index is 1.49. The van der Waals surface area contributed by atoms with Gasteiger partial charge in [-0.25, -0.2) is 9.67 Å². The van der Waals surface area contributed by atoms with E-state index in [1.165, 1.54) is 0 Å². The van der Waals surface area contributed by atoms with Gasteiger partial charge >= 0.3 is 0 Å². The van der Waals surface area contributed by atoms with E-state index in [0.717, 1.165) is 66.8 Å². The molecule has 0 spiro atoms. The smallest absolute Gasteiger partial charge is 0.254 e. The second-order valence-corrected chi connectivity index (χ2v) is 8.20. The third-order valence-electron chi connectivity index (χ3n) is 6.19. The normalized spacial score (nSPS) is 19.2. The molecule has 1 N–H and O–H groups in total. The van der Waals surface area contributed by atoms with Crippen LogP contribution in [0.1, 0.15) is 18.0 Å². The molecule has 1 atom stereocenters. The summed E-state index contributed by atoms with van der Waals surface area (Å²) in [6.45, 7) is 4.86. The Kier molecular flexibility index (Phi) is 4.80. The molecule has 2 fully saturated rings. The molecule has 2 aliphatic heterocycles. The van der Waals surface area contributed by atoms with E-state index in [2.05, 4.69) is 21.3 Å². The average molecular weight is 432 g/mol. The molecule has 0 aliphatic carbocycles. The number of hydrogen-bond donors (Lipinski definition) is 1. The quantitative estimate of drug-likeness (QED) is 0.519. The molecular weight excluding hydrogens is 406 g/mol. The van der Waals surface area contributed by atoms with E-state index >= 15 is 0 Å². The van der Waals surface area contributed by atoms with Crippen molar-refractivity contribution in [1.82, 2.24) is 39.6 Å². The van der Waals surface area contributed by atoms with Crippen LogP contribution in [0.5, 0.6) is 0 Å². The summed E-state index contributed by atoms with van der Waals surface area (Å²) >= 11 is 0. The molecule has 32 heavy (non-hydrogen) atoms. The van der Waals surface area contributed by atoms with Crippen molar-refractivity contribution in [2.75, 3.05) is 44.3 Å². The highest BCUT2D eigenvalue weighted by atomic mass is 16.5. The van der Waals surface area contributed by atoms with Crippen molar-refractivity contribution >= 4 is 17.0 Å². The Hall–Kier alpha value is -3.37. The van der Waals surface area contributed by atoms with Crippen LogP contribution >= 0.6 is 0 Å². The fourth-order valence-corrected chi connectivity index (χ4v) is 4.43. The summed E-state index contributed by atoms with van der Waals surface area (Å²) in [6.07, 6.45) is 4.83. The lowest BCUT2D eigenvalue weighted by molar-refractivity contribution is 0.122. The highest BCUT2D eigenvalue weighted by Crippen LogP contribution is 2.29. The number of nitrogens with one attached hydrogen (secondary N) is 1. The van der Waals surface area contributed by atoms with Crippen LogP contribution in [-0.4, -0.2) is 73.7 Å². The van der Waals surface area contributed by atoms with E-state index in [-0.39, 0.29) is 0 Å². The molecule has 4 aromatic rings. The van der Waals surface area contributed by atoms with Gasteiger partial charge in [0.25, 0.3) is 5.95 Å². The number of aryl methyl sites for hydroxylation is 1. The van der Waals surface area contributed by atoms with Crippen molar-refractivity contribution in [2.24, 2.45) is 7.05 Å². The van der Waals surface area contributed by atoms with Gasteiger partial charge in [0.05, 0.1) is 18.9 Å². The summed E-state index contributed by atoms with van der Waals surface area (Å²) in [6, 6.07) is 7.89. The Labute approximate surface area is 185 Å². The maximum atomic E-state index is 5.56. The van der Waals surface area contributed by atoms with E-state index in [1.807, 2.05) is 36.0 Å². The Morgan fingerprint density at radius 1 is 1.09 bits per heavy atom. The minimum absolute atomic E-state index is 0.436. The van der Waals surface area contributed by atoms with E-state index in [0.29, 0.717) is 25.1 Å². The molecular formula is C22H25N9O. The van der Waals surface area contributed by atoms with Crippen LogP contribution in [-0.2, 0) is 11.8 Å². The Morgan fingerprint density at radius 2 is 2.00 bits per heavy atom. The highest BCUT2D eigenvalue weighted by Gasteiger charge is 2.24. The van der Waals surface area contributed by atoms with E-state index in [1.54, 1.807) is 10.9 Å². The summed E-state index contributed by atoms with van der Waals surface area (Å²) in [7, 11) is 1.97. The molecule has 6 heterocycles. The van der Waals surface area contributed by atoms with Crippen molar-refractivity contribution in [3.8, 4) is 17.5 Å². The van der Waals surface area contributed by atoms with E-state index in [9.17, 15) is 0 Å². The molecule has 2 saturated heterocycles. The van der Waals surface area contributed by atoms with Gasteiger partial charge in [0.2, 0.25) is 0 Å². The minimum atomic E-state index is 0.436. The third-order valence-corrected chi connectivity index (χ3v) is 6.19. The number of morpholine rings is 1. The number of ether oxygens (including phenoxy) is 1. The number of rotatable bonds is 4. The summed E-state index contributed by atoms with van der Waals surface area (Å²) in [4.78, 5) is 21.4. The second-order valence-electron chi connectivity index (χ2n) is 8.20. The molecule has 10 heteroatoms. The summed E-state index contributed by atoms with van der Waals surface area (Å²) < 4.78 is 9.33. The number of aromatic nitrogens is 7. The molecule has 0 aromatic carbocycles. The largest absolute Gasteiger partial charge is 0.378 e. The maximum Gasteiger partial charge on any atom is 0.254 e. The first-order valence-corrected chi connectivity index (χ1v) is 11.0. The molecule has 2 aliphatic rings. The monoisotopic (exact) mass is 431 g/mol. The van der Waals surface area contributed by atoms with Crippen molar-refractivity contribution < 1.29 is 4.74 Å². The van der Waals surface area contributed by atoms with Gasteiger partial charge in [0.15, 0.2) is 22.8 Å². The zero-order chi connectivity index (χ0) is 21.5. The molecule has 0 amide bonds. The summed E-state index contributed by atoms with van der Waals surface area (Å²) in [5.74, 6) is 2.56. The van der Waals surface area contributed by atoms with Gasteiger partial charge in [-0.05, 0) is 31.2 Å². The van der Waals surface area contributed by atoms with Crippen LogP contribution in [0.25, 0.3) is 28.6 Å². The first kappa shape index (κ1) is 19.3. The summed E-state index contributed by atoms with van der Waals surface area (Å²) in [5, 5.41) is 8.22. The van der Waals surface area contributed by atoms with Crippen LogP contribution in [0.2, 0.25) is 0 Å². The van der Waals surface area contributed by atoms with Gasteiger partial charge in [0.1, 0.15) is 5.69 Å². The number of anilines is 1. The molecule has 0 bridgehead atoms. The Bertz CT molecular complexity index is 1240. The van der Waals surface area contributed by atoms with Crippen LogP contribution in [0.4, 0.5) is 5.82 Å². The number of imidazole rings is 1. The average Bonchev–Trinajstić information content (AvgIpc) is 3.60. The lowest BCUT2D eigenvalue weighted by Crippen LogP contribution is -2.37. The van der Waals surface area contributed by atoms with Crippen molar-refractivity contribution in [1.29, 1.82) is 0 Å². The molecule has 6 rings (SSSR count). The summed E-state index contributed by atoms with van der Waals surface area (Å²) in [5.41, 5.74) is 3.41. The van der Waals surface area contributed by atoms with Crippen LogP contribution < -0.4 is 10.2 Å². The first-order chi connectivity index (χ1) is 15.8. The zero-order valence-corrected chi connectivity index (χ0v) is 18.0. The van der Waals surface area contributed by atoms with Gasteiger partial charge in [-0.1, -0.05) is 6.07 Å². The highest BCUT2D eigenvalue weighted by molar-refractivity contribution is 5.87. The van der Waals surface area contributed by atoms with Gasteiger partial charge in [-0.2, -0.15) is 15.1 Å². The van der Waals surface area contributed by atoms with Crippen LogP contribution in [0, 0.1) is 0 Å². The molecule has 164 valence electrons. The predicted octanol–water partition coefficient (Wildman–Crippen LogP) is 1.52.